The second-order valence-corrected chi connectivity index (χ2v) is 7.44. The third-order valence-electron chi connectivity index (χ3n) is 5.73. The van der Waals surface area contributed by atoms with E-state index in [-0.39, 0.29) is 18.0 Å². The Morgan fingerprint density at radius 1 is 1.24 bits per heavy atom. The van der Waals surface area contributed by atoms with Crippen molar-refractivity contribution in [2.45, 2.75) is 45.3 Å². The van der Waals surface area contributed by atoms with Gasteiger partial charge in [0.25, 0.3) is 0 Å². The maximum atomic E-state index is 13.2. The van der Waals surface area contributed by atoms with E-state index in [0.717, 1.165) is 44.9 Å². The molecule has 5 heteroatoms. The minimum absolute atomic E-state index is 0.0827. The number of carbonyl (C=O) groups is 1. The molecule has 3 atom stereocenters. The highest BCUT2D eigenvalue weighted by molar-refractivity contribution is 5.99. The molecule has 2 aliphatic heterocycles. The Morgan fingerprint density at radius 3 is 2.72 bits per heavy atom. The van der Waals surface area contributed by atoms with Gasteiger partial charge in [-0.25, -0.2) is 0 Å². The highest BCUT2D eigenvalue weighted by Gasteiger charge is 2.36. The summed E-state index contributed by atoms with van der Waals surface area (Å²) in [5, 5.41) is 0. The molecular weight excluding hydrogens is 314 g/mol. The summed E-state index contributed by atoms with van der Waals surface area (Å²) in [4.78, 5) is 20.0. The number of fused-ring (bicyclic) bond motifs is 1. The number of nitrogens with zero attached hydrogens (tertiary/aromatic N) is 3. The number of methoxy groups -OCH3 is 1. The van der Waals surface area contributed by atoms with Gasteiger partial charge in [-0.3, -0.25) is 14.6 Å². The maximum absolute atomic E-state index is 13.2. The molecule has 0 unspecified atom stereocenters. The fraction of sp³-hybridized carbons (Fsp3) is 0.650. The molecule has 25 heavy (non-hydrogen) atoms. The largest absolute Gasteiger partial charge is 0.383 e. The van der Waals surface area contributed by atoms with Gasteiger partial charge in [-0.2, -0.15) is 0 Å². The summed E-state index contributed by atoms with van der Waals surface area (Å²) in [5.41, 5.74) is 2.38. The standard InChI is InChI=1S/C20H31N3O2/c1-15-13-18-7-5-6-8-19(18)23(15)20(24)17(3)22-10-9-21(11-12-25-4)16(2)14-22/h5-8,15-17H,9-14H2,1-4H3/t15-,16-,17+/m0/s1. The number of ether oxygens (including phenoxy) is 1. The Balaban J connectivity index is 1.65. The fourth-order valence-electron chi connectivity index (χ4n) is 4.17. The van der Waals surface area contributed by atoms with E-state index in [1.165, 1.54) is 5.56 Å². The van der Waals surface area contributed by atoms with Crippen LogP contribution in [0.15, 0.2) is 24.3 Å². The molecule has 0 N–H and O–H groups in total. The fourth-order valence-corrected chi connectivity index (χ4v) is 4.17. The number of rotatable bonds is 5. The minimum atomic E-state index is -0.0827. The number of anilines is 1. The Labute approximate surface area is 151 Å². The van der Waals surface area contributed by atoms with Gasteiger partial charge in [0, 0.05) is 51.1 Å². The first-order chi connectivity index (χ1) is 12.0. The lowest BCUT2D eigenvalue weighted by atomic mass is 10.1. The molecule has 138 valence electrons. The van der Waals surface area contributed by atoms with E-state index in [9.17, 15) is 4.79 Å². The van der Waals surface area contributed by atoms with Crippen LogP contribution in [0, 0.1) is 0 Å². The highest BCUT2D eigenvalue weighted by Crippen LogP contribution is 2.32. The second-order valence-electron chi connectivity index (χ2n) is 7.44. The van der Waals surface area contributed by atoms with Crippen molar-refractivity contribution in [3.05, 3.63) is 29.8 Å². The molecule has 2 aliphatic rings. The zero-order chi connectivity index (χ0) is 18.0. The molecule has 2 heterocycles. The molecule has 1 amide bonds. The number of carbonyl (C=O) groups excluding carboxylic acids is 1. The van der Waals surface area contributed by atoms with Crippen molar-refractivity contribution in [1.29, 1.82) is 0 Å². The molecule has 1 fully saturated rings. The smallest absolute Gasteiger partial charge is 0.244 e. The summed E-state index contributed by atoms with van der Waals surface area (Å²) in [6, 6.07) is 8.91. The molecule has 0 saturated carbocycles. The molecule has 0 bridgehead atoms. The second kappa shape index (κ2) is 7.85. The van der Waals surface area contributed by atoms with Crippen LogP contribution in [0.4, 0.5) is 5.69 Å². The molecule has 0 aliphatic carbocycles. The van der Waals surface area contributed by atoms with Gasteiger partial charge in [-0.15, -0.1) is 0 Å². The zero-order valence-corrected chi connectivity index (χ0v) is 15.9. The summed E-state index contributed by atoms with van der Waals surface area (Å²) < 4.78 is 5.20. The normalized spacial score (nSPS) is 25.8. The molecular formula is C20H31N3O2. The predicted molar refractivity (Wildman–Crippen MR) is 101 cm³/mol. The number of hydrogen-bond donors (Lipinski definition) is 0. The summed E-state index contributed by atoms with van der Waals surface area (Å²) >= 11 is 0. The third kappa shape index (κ3) is 3.73. The number of piperazine rings is 1. The molecule has 1 aromatic rings. The Morgan fingerprint density at radius 2 is 2.00 bits per heavy atom. The number of para-hydroxylation sites is 1. The van der Waals surface area contributed by atoms with Crippen LogP contribution in [0.3, 0.4) is 0 Å². The van der Waals surface area contributed by atoms with Gasteiger partial charge in [0.05, 0.1) is 12.6 Å². The first-order valence-corrected chi connectivity index (χ1v) is 9.41. The van der Waals surface area contributed by atoms with Gasteiger partial charge in [-0.05, 0) is 38.8 Å². The average molecular weight is 345 g/mol. The summed E-state index contributed by atoms with van der Waals surface area (Å²) in [6.07, 6.45) is 0.954. The monoisotopic (exact) mass is 345 g/mol. The van der Waals surface area contributed by atoms with Crippen LogP contribution < -0.4 is 4.90 Å². The van der Waals surface area contributed by atoms with Gasteiger partial charge < -0.3 is 9.64 Å². The summed E-state index contributed by atoms with van der Waals surface area (Å²) in [5.74, 6) is 0.231. The predicted octanol–water partition coefficient (Wildman–Crippen LogP) is 2.01. The van der Waals surface area contributed by atoms with Crippen LogP contribution >= 0.6 is 0 Å². The summed E-state index contributed by atoms with van der Waals surface area (Å²) in [7, 11) is 1.75. The number of amides is 1. The van der Waals surface area contributed by atoms with Crippen molar-refractivity contribution < 1.29 is 9.53 Å². The molecule has 0 spiro atoms. The van der Waals surface area contributed by atoms with Crippen molar-refractivity contribution >= 4 is 11.6 Å². The van der Waals surface area contributed by atoms with Crippen LogP contribution in [0.5, 0.6) is 0 Å². The lowest BCUT2D eigenvalue weighted by Gasteiger charge is -2.42. The van der Waals surface area contributed by atoms with E-state index in [1.807, 2.05) is 11.0 Å². The minimum Gasteiger partial charge on any atom is -0.383 e. The summed E-state index contributed by atoms with van der Waals surface area (Å²) in [6.45, 7) is 11.0. The molecule has 0 aromatic heterocycles. The Hall–Kier alpha value is -1.43. The van der Waals surface area contributed by atoms with E-state index >= 15 is 0 Å². The van der Waals surface area contributed by atoms with E-state index < -0.39 is 0 Å². The van der Waals surface area contributed by atoms with Crippen molar-refractivity contribution in [3.63, 3.8) is 0 Å². The molecule has 3 rings (SSSR count). The van der Waals surface area contributed by atoms with Gasteiger partial charge in [-0.1, -0.05) is 18.2 Å². The average Bonchev–Trinajstić information content (AvgIpc) is 2.95. The van der Waals surface area contributed by atoms with Gasteiger partial charge in [0.15, 0.2) is 0 Å². The molecule has 0 radical (unpaired) electrons. The van der Waals surface area contributed by atoms with Crippen molar-refractivity contribution in [1.82, 2.24) is 9.80 Å². The molecule has 5 nitrogen and oxygen atoms in total. The Kier molecular flexibility index (Phi) is 5.77. The first kappa shape index (κ1) is 18.4. The highest BCUT2D eigenvalue weighted by atomic mass is 16.5. The van der Waals surface area contributed by atoms with Crippen LogP contribution in [0.1, 0.15) is 26.3 Å². The number of benzene rings is 1. The van der Waals surface area contributed by atoms with Crippen LogP contribution in [-0.2, 0) is 16.0 Å². The topological polar surface area (TPSA) is 36.0 Å². The van der Waals surface area contributed by atoms with Gasteiger partial charge in [0.1, 0.15) is 0 Å². The van der Waals surface area contributed by atoms with E-state index in [2.05, 4.69) is 48.8 Å². The van der Waals surface area contributed by atoms with E-state index in [0.29, 0.717) is 6.04 Å². The number of hydrogen-bond acceptors (Lipinski definition) is 4. The van der Waals surface area contributed by atoms with Crippen molar-refractivity contribution in [2.75, 3.05) is 44.8 Å². The van der Waals surface area contributed by atoms with E-state index in [4.69, 9.17) is 4.74 Å². The van der Waals surface area contributed by atoms with Crippen LogP contribution in [0.25, 0.3) is 0 Å². The molecule has 1 saturated heterocycles. The third-order valence-corrected chi connectivity index (χ3v) is 5.73. The Bertz CT molecular complexity index is 606. The molecule has 1 aromatic carbocycles. The lowest BCUT2D eigenvalue weighted by molar-refractivity contribution is -0.124. The first-order valence-electron chi connectivity index (χ1n) is 9.41. The van der Waals surface area contributed by atoms with Gasteiger partial charge >= 0.3 is 0 Å². The van der Waals surface area contributed by atoms with E-state index in [1.54, 1.807) is 7.11 Å². The van der Waals surface area contributed by atoms with Crippen LogP contribution in [-0.4, -0.2) is 73.7 Å². The maximum Gasteiger partial charge on any atom is 0.244 e. The van der Waals surface area contributed by atoms with Gasteiger partial charge in [0.2, 0.25) is 5.91 Å². The van der Waals surface area contributed by atoms with Crippen LogP contribution in [0.2, 0.25) is 0 Å². The quantitative estimate of drug-likeness (QED) is 0.818. The lowest BCUT2D eigenvalue weighted by Crippen LogP contribution is -2.58. The van der Waals surface area contributed by atoms with Crippen molar-refractivity contribution in [3.8, 4) is 0 Å². The zero-order valence-electron chi connectivity index (χ0n) is 15.9. The SMILES string of the molecule is COCCN1CCN([C@H](C)C(=O)N2c3ccccc3C[C@@H]2C)C[C@@H]1C. The van der Waals surface area contributed by atoms with Crippen molar-refractivity contribution in [2.24, 2.45) is 0 Å².